The topological polar surface area (TPSA) is 59.0 Å². The molecule has 0 spiro atoms. The second-order valence-corrected chi connectivity index (χ2v) is 4.09. The van der Waals surface area contributed by atoms with Gasteiger partial charge in [-0.3, -0.25) is 0 Å². The van der Waals surface area contributed by atoms with Gasteiger partial charge in [-0.05, 0) is 28.1 Å². The molecule has 0 aliphatic carbocycles. The van der Waals surface area contributed by atoms with Crippen molar-refractivity contribution >= 4 is 15.9 Å². The molecule has 0 radical (unpaired) electrons. The van der Waals surface area contributed by atoms with Gasteiger partial charge >= 0.3 is 0 Å². The van der Waals surface area contributed by atoms with Crippen molar-refractivity contribution < 1.29 is 4.74 Å². The van der Waals surface area contributed by atoms with Gasteiger partial charge < -0.3 is 10.5 Å². The van der Waals surface area contributed by atoms with Gasteiger partial charge in [-0.1, -0.05) is 0 Å². The molecule has 0 aromatic heterocycles. The normalized spacial score (nSPS) is 19.4. The van der Waals surface area contributed by atoms with Gasteiger partial charge in [0.1, 0.15) is 5.75 Å². The fraction of sp³-hybridized carbons (Fsp3) is 0.300. The second-order valence-electron chi connectivity index (χ2n) is 3.23. The number of fused-ring (bicyclic) bond motifs is 1. The summed E-state index contributed by atoms with van der Waals surface area (Å²) in [6.45, 7) is 0.638. The maximum absolute atomic E-state index is 8.80. The highest BCUT2D eigenvalue weighted by molar-refractivity contribution is 9.10. The van der Waals surface area contributed by atoms with Crippen LogP contribution in [0.4, 0.5) is 0 Å². The van der Waals surface area contributed by atoms with Crippen LogP contribution in [0.3, 0.4) is 0 Å². The lowest BCUT2D eigenvalue weighted by atomic mass is 9.99. The fourth-order valence-corrected chi connectivity index (χ4v) is 2.14. The summed E-state index contributed by atoms with van der Waals surface area (Å²) < 4.78 is 6.29. The van der Waals surface area contributed by atoms with E-state index in [0.717, 1.165) is 22.2 Å². The van der Waals surface area contributed by atoms with Gasteiger partial charge in [-0.25, -0.2) is 0 Å². The van der Waals surface area contributed by atoms with E-state index in [1.807, 2.05) is 0 Å². The zero-order valence-corrected chi connectivity index (χ0v) is 9.04. The molecule has 2 N–H and O–H groups in total. The number of rotatable bonds is 0. The van der Waals surface area contributed by atoms with Crippen LogP contribution in [0.25, 0.3) is 0 Å². The van der Waals surface area contributed by atoms with Crippen LogP contribution < -0.4 is 10.5 Å². The lowest BCUT2D eigenvalue weighted by Crippen LogP contribution is -2.21. The molecule has 0 bridgehead atoms. The molecule has 0 unspecified atom stereocenters. The van der Waals surface area contributed by atoms with E-state index in [4.69, 9.17) is 15.7 Å². The van der Waals surface area contributed by atoms with Gasteiger partial charge in [0, 0.05) is 18.0 Å². The van der Waals surface area contributed by atoms with E-state index in [2.05, 4.69) is 22.0 Å². The van der Waals surface area contributed by atoms with Crippen LogP contribution >= 0.6 is 15.9 Å². The second kappa shape index (κ2) is 3.60. The molecule has 0 amide bonds. The summed E-state index contributed by atoms with van der Waals surface area (Å²) in [6, 6.07) is 5.62. The number of ether oxygens (including phenoxy) is 1. The largest absolute Gasteiger partial charge is 0.492 e. The summed E-state index contributed by atoms with van der Waals surface area (Å²) in [4.78, 5) is 0. The minimum atomic E-state index is -0.0247. The van der Waals surface area contributed by atoms with Crippen molar-refractivity contribution in [2.45, 2.75) is 12.5 Å². The number of benzene rings is 1. The van der Waals surface area contributed by atoms with E-state index >= 15 is 0 Å². The van der Waals surface area contributed by atoms with Gasteiger partial charge in [0.05, 0.1) is 22.7 Å². The summed E-state index contributed by atoms with van der Waals surface area (Å²) in [5, 5.41) is 8.80. The number of nitriles is 1. The average molecular weight is 253 g/mol. The highest BCUT2D eigenvalue weighted by atomic mass is 79.9. The van der Waals surface area contributed by atoms with E-state index in [-0.39, 0.29) is 6.04 Å². The Morgan fingerprint density at radius 3 is 3.07 bits per heavy atom. The fourth-order valence-electron chi connectivity index (χ4n) is 1.55. The van der Waals surface area contributed by atoms with Gasteiger partial charge in [-0.15, -0.1) is 0 Å². The Labute approximate surface area is 90.6 Å². The zero-order chi connectivity index (χ0) is 10.1. The van der Waals surface area contributed by atoms with Crippen molar-refractivity contribution in [3.8, 4) is 11.8 Å². The molecule has 1 atom stereocenters. The monoisotopic (exact) mass is 252 g/mol. The van der Waals surface area contributed by atoms with Crippen molar-refractivity contribution in [3.63, 3.8) is 0 Å². The van der Waals surface area contributed by atoms with Crippen LogP contribution in [0, 0.1) is 11.3 Å². The molecule has 3 nitrogen and oxygen atoms in total. The first-order valence-corrected chi connectivity index (χ1v) is 5.13. The molecule has 72 valence electrons. The third-order valence-electron chi connectivity index (χ3n) is 2.28. The third-order valence-corrected chi connectivity index (χ3v) is 2.87. The Bertz CT molecular complexity index is 411. The standard InChI is InChI=1S/C10H9BrN2O/c11-8-4-6(5-12)3-7-9(13)1-2-14-10(7)8/h3-4,9H,1-2,13H2/t9-/m0/s1. The molecular formula is C10H9BrN2O. The van der Waals surface area contributed by atoms with E-state index in [0.29, 0.717) is 12.2 Å². The first-order chi connectivity index (χ1) is 6.72. The summed E-state index contributed by atoms with van der Waals surface area (Å²) in [6.07, 6.45) is 0.800. The SMILES string of the molecule is N#Cc1cc(Br)c2c(c1)[C@@H](N)CCO2. The number of nitrogens with zero attached hydrogens (tertiary/aromatic N) is 1. The van der Waals surface area contributed by atoms with Gasteiger partial charge in [-0.2, -0.15) is 5.26 Å². The van der Waals surface area contributed by atoms with Crippen LogP contribution in [0.15, 0.2) is 16.6 Å². The van der Waals surface area contributed by atoms with E-state index < -0.39 is 0 Å². The van der Waals surface area contributed by atoms with Gasteiger partial charge in [0.15, 0.2) is 0 Å². The van der Waals surface area contributed by atoms with Crippen molar-refractivity contribution in [1.29, 1.82) is 5.26 Å². The first kappa shape index (κ1) is 9.50. The number of hydrogen-bond acceptors (Lipinski definition) is 3. The maximum atomic E-state index is 8.80. The Morgan fingerprint density at radius 2 is 2.36 bits per heavy atom. The third kappa shape index (κ3) is 1.49. The molecule has 4 heteroatoms. The van der Waals surface area contributed by atoms with Crippen molar-refractivity contribution in [3.05, 3.63) is 27.7 Å². The zero-order valence-electron chi connectivity index (χ0n) is 7.46. The minimum absolute atomic E-state index is 0.0247. The minimum Gasteiger partial charge on any atom is -0.492 e. The highest BCUT2D eigenvalue weighted by Crippen LogP contribution is 2.37. The molecule has 1 aliphatic rings. The first-order valence-electron chi connectivity index (χ1n) is 4.34. The van der Waals surface area contributed by atoms with Gasteiger partial charge in [0.25, 0.3) is 0 Å². The average Bonchev–Trinajstić information content (AvgIpc) is 2.19. The van der Waals surface area contributed by atoms with E-state index in [1.54, 1.807) is 12.1 Å². The molecule has 0 saturated heterocycles. The molecule has 1 aliphatic heterocycles. The maximum Gasteiger partial charge on any atom is 0.138 e. The summed E-state index contributed by atoms with van der Waals surface area (Å²) >= 11 is 3.37. The Balaban J connectivity index is 2.58. The summed E-state index contributed by atoms with van der Waals surface area (Å²) in [5.74, 6) is 0.780. The quantitative estimate of drug-likeness (QED) is 0.770. The Morgan fingerprint density at radius 1 is 1.57 bits per heavy atom. The smallest absolute Gasteiger partial charge is 0.138 e. The molecule has 2 rings (SSSR count). The van der Waals surface area contributed by atoms with Crippen LogP contribution in [-0.2, 0) is 0 Å². The van der Waals surface area contributed by atoms with Crippen LogP contribution in [0.2, 0.25) is 0 Å². The van der Waals surface area contributed by atoms with Gasteiger partial charge in [0.2, 0.25) is 0 Å². The van der Waals surface area contributed by atoms with E-state index in [1.165, 1.54) is 0 Å². The molecule has 14 heavy (non-hydrogen) atoms. The summed E-state index contributed by atoms with van der Waals surface area (Å²) in [5.41, 5.74) is 7.46. The van der Waals surface area contributed by atoms with Crippen LogP contribution in [-0.4, -0.2) is 6.61 Å². The van der Waals surface area contributed by atoms with Crippen molar-refractivity contribution in [2.75, 3.05) is 6.61 Å². The predicted molar refractivity (Wildman–Crippen MR) is 55.9 cm³/mol. The molecule has 1 heterocycles. The van der Waals surface area contributed by atoms with Crippen LogP contribution in [0.5, 0.6) is 5.75 Å². The van der Waals surface area contributed by atoms with Crippen molar-refractivity contribution in [2.24, 2.45) is 5.73 Å². The predicted octanol–water partition coefficient (Wildman–Crippen LogP) is 2.10. The molecular weight excluding hydrogens is 244 g/mol. The molecule has 0 saturated carbocycles. The molecule has 1 aromatic rings. The Kier molecular flexibility index (Phi) is 2.44. The van der Waals surface area contributed by atoms with E-state index in [9.17, 15) is 0 Å². The number of hydrogen-bond donors (Lipinski definition) is 1. The highest BCUT2D eigenvalue weighted by Gasteiger charge is 2.21. The van der Waals surface area contributed by atoms with Crippen LogP contribution in [0.1, 0.15) is 23.6 Å². The van der Waals surface area contributed by atoms with Crippen molar-refractivity contribution in [1.82, 2.24) is 0 Å². The lowest BCUT2D eigenvalue weighted by molar-refractivity contribution is 0.267. The molecule has 0 fully saturated rings. The number of halogens is 1. The Hall–Kier alpha value is -1.05. The number of nitrogens with two attached hydrogens (primary N) is 1. The summed E-state index contributed by atoms with van der Waals surface area (Å²) in [7, 11) is 0. The molecule has 1 aromatic carbocycles. The lowest BCUT2D eigenvalue weighted by Gasteiger charge is -2.23.